The van der Waals surface area contributed by atoms with Crippen molar-refractivity contribution in [2.75, 3.05) is 24.7 Å². The first kappa shape index (κ1) is 30.7. The van der Waals surface area contributed by atoms with Crippen LogP contribution < -0.4 is 4.90 Å². The maximum atomic E-state index is 15.0. The number of hydrogen-bond acceptors (Lipinski definition) is 6. The number of aliphatic hydroxyl groups is 1. The van der Waals surface area contributed by atoms with E-state index in [2.05, 4.69) is 13.2 Å². The van der Waals surface area contributed by atoms with Crippen LogP contribution in [0.3, 0.4) is 0 Å². The number of hydrogen-bond donors (Lipinski definition) is 1. The molecule has 43 heavy (non-hydrogen) atoms. The van der Waals surface area contributed by atoms with Gasteiger partial charge >= 0.3 is 5.97 Å². The number of allylic oxidation sites excluding steroid dienone is 1. The Bertz CT molecular complexity index is 1390. The van der Waals surface area contributed by atoms with Crippen LogP contribution in [0, 0.1) is 25.7 Å². The molecule has 8 heteroatoms. The number of esters is 1. The third-order valence-electron chi connectivity index (χ3n) is 9.48. The number of likely N-dealkylation sites (tertiary alicyclic amines) is 1. The normalized spacial score (nSPS) is 28.0. The molecule has 0 saturated carbocycles. The van der Waals surface area contributed by atoms with Gasteiger partial charge in [0.05, 0.1) is 30.8 Å². The Morgan fingerprint density at radius 3 is 2.44 bits per heavy atom. The fourth-order valence-electron chi connectivity index (χ4n) is 7.66. The quantitative estimate of drug-likeness (QED) is 0.218. The molecule has 0 aliphatic carbocycles. The summed E-state index contributed by atoms with van der Waals surface area (Å²) in [5.41, 5.74) is 1.05. The van der Waals surface area contributed by atoms with Crippen molar-refractivity contribution >= 4 is 23.5 Å². The van der Waals surface area contributed by atoms with Gasteiger partial charge in [-0.2, -0.15) is 0 Å². The smallest absolute Gasteiger partial charge is 0.312 e. The van der Waals surface area contributed by atoms with Crippen molar-refractivity contribution < 1.29 is 29.0 Å². The van der Waals surface area contributed by atoms with Crippen LogP contribution in [0.1, 0.15) is 55.3 Å². The van der Waals surface area contributed by atoms with Crippen molar-refractivity contribution in [3.05, 3.63) is 90.5 Å². The van der Waals surface area contributed by atoms with E-state index in [1.54, 1.807) is 17.1 Å². The third kappa shape index (κ3) is 5.00. The van der Waals surface area contributed by atoms with Gasteiger partial charge in [0.25, 0.3) is 5.91 Å². The number of fused-ring (bicyclic) bond motifs is 1. The summed E-state index contributed by atoms with van der Waals surface area (Å²) in [5.74, 6) is -2.99. The van der Waals surface area contributed by atoms with Gasteiger partial charge < -0.3 is 24.4 Å². The van der Waals surface area contributed by atoms with Gasteiger partial charge in [-0.25, -0.2) is 0 Å². The minimum absolute atomic E-state index is 0.209. The second kappa shape index (κ2) is 12.1. The molecule has 3 aliphatic heterocycles. The monoisotopic (exact) mass is 586 g/mol. The van der Waals surface area contributed by atoms with Gasteiger partial charge in [-0.15, -0.1) is 13.2 Å². The maximum Gasteiger partial charge on any atom is 0.312 e. The van der Waals surface area contributed by atoms with Crippen molar-refractivity contribution in [3.63, 3.8) is 0 Å². The Kier molecular flexibility index (Phi) is 8.63. The van der Waals surface area contributed by atoms with Crippen molar-refractivity contribution in [2.24, 2.45) is 11.8 Å². The van der Waals surface area contributed by atoms with Crippen LogP contribution >= 0.6 is 0 Å². The minimum Gasteiger partial charge on any atom is -0.465 e. The van der Waals surface area contributed by atoms with E-state index < -0.39 is 47.7 Å². The summed E-state index contributed by atoms with van der Waals surface area (Å²) in [6.07, 6.45) is 5.69. The Morgan fingerprint density at radius 2 is 1.81 bits per heavy atom. The second-order valence-corrected chi connectivity index (χ2v) is 12.2. The van der Waals surface area contributed by atoms with E-state index in [9.17, 15) is 19.5 Å². The first-order chi connectivity index (χ1) is 20.6. The second-order valence-electron chi connectivity index (χ2n) is 12.2. The summed E-state index contributed by atoms with van der Waals surface area (Å²) < 4.78 is 12.5. The predicted molar refractivity (Wildman–Crippen MR) is 164 cm³/mol. The summed E-state index contributed by atoms with van der Waals surface area (Å²) in [5, 5.41) is 10.8. The molecule has 2 amide bonds. The molecule has 2 aromatic carbocycles. The summed E-state index contributed by atoms with van der Waals surface area (Å²) >= 11 is 0. The highest BCUT2D eigenvalue weighted by Gasteiger charge is 2.79. The third-order valence-corrected chi connectivity index (χ3v) is 9.48. The van der Waals surface area contributed by atoms with E-state index in [0.29, 0.717) is 31.2 Å². The summed E-state index contributed by atoms with van der Waals surface area (Å²) in [6, 6.07) is 13.1. The molecule has 3 saturated heterocycles. The molecule has 1 spiro atoms. The van der Waals surface area contributed by atoms with Crippen LogP contribution in [-0.4, -0.2) is 64.8 Å². The van der Waals surface area contributed by atoms with Crippen LogP contribution in [-0.2, 0) is 23.9 Å². The van der Waals surface area contributed by atoms with Crippen LogP contribution in [0.2, 0.25) is 0 Å². The zero-order valence-corrected chi connectivity index (χ0v) is 25.3. The molecule has 228 valence electrons. The predicted octanol–water partition coefficient (Wildman–Crippen LogP) is 4.83. The number of rotatable bonds is 12. The van der Waals surface area contributed by atoms with Crippen molar-refractivity contribution in [1.29, 1.82) is 0 Å². The lowest BCUT2D eigenvalue weighted by Crippen LogP contribution is -2.57. The first-order valence-electron chi connectivity index (χ1n) is 15.1. The Morgan fingerprint density at radius 1 is 1.12 bits per heavy atom. The largest absolute Gasteiger partial charge is 0.465 e. The lowest BCUT2D eigenvalue weighted by Gasteiger charge is -2.40. The lowest BCUT2D eigenvalue weighted by molar-refractivity contribution is -0.160. The van der Waals surface area contributed by atoms with Crippen LogP contribution in [0.5, 0.6) is 0 Å². The fraction of sp³-hybridized carbons (Fsp3) is 0.457. The Hall–Kier alpha value is -3.75. The zero-order valence-electron chi connectivity index (χ0n) is 25.3. The summed E-state index contributed by atoms with van der Waals surface area (Å²) in [7, 11) is 0. The van der Waals surface area contributed by atoms with Gasteiger partial charge in [0, 0.05) is 12.2 Å². The number of carbonyl (C=O) groups is 3. The highest BCUT2D eigenvalue weighted by atomic mass is 16.6. The Balaban J connectivity index is 1.64. The number of nitrogens with zero attached hydrogens (tertiary/aromatic N) is 2. The van der Waals surface area contributed by atoms with E-state index >= 15 is 0 Å². The van der Waals surface area contributed by atoms with E-state index in [1.807, 2.05) is 69.3 Å². The maximum absolute atomic E-state index is 15.0. The molecule has 5 rings (SSSR count). The molecule has 8 nitrogen and oxygen atoms in total. The minimum atomic E-state index is -1.26. The number of benzene rings is 2. The van der Waals surface area contributed by atoms with Gasteiger partial charge in [0.15, 0.2) is 0 Å². The zero-order chi connectivity index (χ0) is 30.9. The molecule has 2 aromatic rings. The molecule has 0 radical (unpaired) electrons. The average Bonchev–Trinajstić information content (AvgIpc) is 3.56. The lowest BCUT2D eigenvalue weighted by atomic mass is 9.66. The van der Waals surface area contributed by atoms with Gasteiger partial charge in [-0.05, 0) is 63.1 Å². The number of unbranched alkanes of at least 4 members (excludes halogenated alkanes) is 1. The van der Waals surface area contributed by atoms with Gasteiger partial charge in [0.2, 0.25) is 5.91 Å². The molecule has 2 unspecified atom stereocenters. The first-order valence-corrected chi connectivity index (χ1v) is 15.1. The number of ether oxygens (including phenoxy) is 2. The number of anilines is 1. The van der Waals surface area contributed by atoms with Gasteiger partial charge in [0.1, 0.15) is 17.6 Å². The molecule has 0 aromatic heterocycles. The standard InChI is InChI=1S/C35H42N2O6/c1-6-8-12-21-42-33(41)28-27-31(39)37(26(22-38)25-16-10-9-11-17-25)30(35(27)19-18-34(28,5)43-35)32(40)36(20-7-2)29-23(3)14-13-15-24(29)4/h6-7,9-11,13-17,26-28,30,38H,1-2,8,12,18-22H2,3-5H3/t26-,27+,28+,30?,34-,35?/m1/s1. The van der Waals surface area contributed by atoms with E-state index in [4.69, 9.17) is 9.47 Å². The molecule has 6 atom stereocenters. The number of aliphatic hydroxyl groups excluding tert-OH is 1. The fourth-order valence-corrected chi connectivity index (χ4v) is 7.66. The summed E-state index contributed by atoms with van der Waals surface area (Å²) in [4.78, 5) is 46.5. The SMILES string of the molecule is C=CCCCOC(=O)[C@@H]1[C@H]2C(=O)N([C@H](CO)c3ccccc3)C(C(=O)N(CC=C)c3c(C)cccc3C)C23CC[C@@]1(C)O3. The highest BCUT2D eigenvalue weighted by Crippen LogP contribution is 2.64. The molecular weight excluding hydrogens is 544 g/mol. The van der Waals surface area contributed by atoms with Crippen molar-refractivity contribution in [1.82, 2.24) is 4.90 Å². The van der Waals surface area contributed by atoms with Crippen molar-refractivity contribution in [3.8, 4) is 0 Å². The molecule has 2 bridgehead atoms. The molecule has 3 heterocycles. The van der Waals surface area contributed by atoms with Crippen molar-refractivity contribution in [2.45, 2.75) is 69.7 Å². The summed E-state index contributed by atoms with van der Waals surface area (Å²) in [6.45, 7) is 13.4. The van der Waals surface area contributed by atoms with E-state index in [-0.39, 0.29) is 25.0 Å². The topological polar surface area (TPSA) is 96.4 Å². The van der Waals surface area contributed by atoms with Crippen LogP contribution in [0.4, 0.5) is 5.69 Å². The molecule has 3 aliphatic rings. The van der Waals surface area contributed by atoms with Gasteiger partial charge in [-0.1, -0.05) is 60.7 Å². The number of amides is 2. The molecule has 3 fully saturated rings. The Labute approximate surface area is 254 Å². The van der Waals surface area contributed by atoms with Crippen LogP contribution in [0.25, 0.3) is 0 Å². The van der Waals surface area contributed by atoms with Crippen LogP contribution in [0.15, 0.2) is 73.8 Å². The average molecular weight is 587 g/mol. The highest BCUT2D eigenvalue weighted by molar-refractivity contribution is 6.05. The number of carbonyl (C=O) groups excluding carboxylic acids is 3. The molecular formula is C35H42N2O6. The van der Waals surface area contributed by atoms with Gasteiger partial charge in [-0.3, -0.25) is 14.4 Å². The number of aryl methyl sites for hydroxylation is 2. The number of para-hydroxylation sites is 1. The van der Waals surface area contributed by atoms with E-state index in [1.165, 1.54) is 4.90 Å². The van der Waals surface area contributed by atoms with E-state index in [0.717, 1.165) is 16.8 Å². The molecule has 1 N–H and O–H groups in total.